The summed E-state index contributed by atoms with van der Waals surface area (Å²) < 4.78 is 37.7. The highest BCUT2D eigenvalue weighted by molar-refractivity contribution is 7.86. The maximum Gasteiger partial charge on any atom is 0.407 e. The first-order valence-corrected chi connectivity index (χ1v) is 12.7. The molecule has 1 aliphatic rings. The molecule has 35 heavy (non-hydrogen) atoms. The van der Waals surface area contributed by atoms with Crippen molar-refractivity contribution in [2.24, 2.45) is 0 Å². The van der Waals surface area contributed by atoms with Crippen LogP contribution in [0.25, 0.3) is 11.1 Å². The zero-order valence-corrected chi connectivity index (χ0v) is 20.1. The summed E-state index contributed by atoms with van der Waals surface area (Å²) in [4.78, 5) is 24.9. The monoisotopic (exact) mass is 495 g/mol. The molecule has 3 aromatic carbocycles. The molecule has 3 aromatic rings. The van der Waals surface area contributed by atoms with Crippen LogP contribution in [0.4, 0.5) is 4.79 Å². The van der Waals surface area contributed by atoms with Crippen molar-refractivity contribution < 1.29 is 31.7 Å². The number of amides is 1. The van der Waals surface area contributed by atoms with Gasteiger partial charge in [0.05, 0.1) is 13.4 Å². The zero-order chi connectivity index (χ0) is 25.0. The second-order valence-corrected chi connectivity index (χ2v) is 9.76. The number of methoxy groups -OCH3 is 1. The predicted molar refractivity (Wildman–Crippen MR) is 130 cm³/mol. The van der Waals surface area contributed by atoms with Crippen LogP contribution in [0, 0.1) is 0 Å². The van der Waals surface area contributed by atoms with Gasteiger partial charge in [0.15, 0.2) is 0 Å². The Hall–Kier alpha value is -3.85. The normalized spacial score (nSPS) is 13.3. The van der Waals surface area contributed by atoms with Gasteiger partial charge < -0.3 is 19.0 Å². The maximum absolute atomic E-state index is 12.6. The molecule has 182 valence electrons. The van der Waals surface area contributed by atoms with Crippen LogP contribution >= 0.6 is 0 Å². The fraction of sp³-hybridized carbons (Fsp3) is 0.231. The molecule has 4 rings (SSSR count). The van der Waals surface area contributed by atoms with Gasteiger partial charge in [0.2, 0.25) is 0 Å². The van der Waals surface area contributed by atoms with Crippen LogP contribution in [0.5, 0.6) is 5.75 Å². The minimum Gasteiger partial charge on any atom is -0.467 e. The maximum atomic E-state index is 12.6. The summed E-state index contributed by atoms with van der Waals surface area (Å²) in [5.41, 5.74) is 5.07. The number of hydrogen-bond donors (Lipinski definition) is 1. The van der Waals surface area contributed by atoms with Crippen molar-refractivity contribution in [3.8, 4) is 16.9 Å². The van der Waals surface area contributed by atoms with E-state index in [9.17, 15) is 18.0 Å². The molecular formula is C26H25NO7S. The predicted octanol–water partition coefficient (Wildman–Crippen LogP) is 3.65. The summed E-state index contributed by atoms with van der Waals surface area (Å²) in [5.74, 6) is -0.586. The largest absolute Gasteiger partial charge is 0.467 e. The minimum atomic E-state index is -3.64. The van der Waals surface area contributed by atoms with Gasteiger partial charge in [-0.2, -0.15) is 8.42 Å². The number of rotatable bonds is 8. The zero-order valence-electron chi connectivity index (χ0n) is 19.3. The third-order valence-electron chi connectivity index (χ3n) is 5.73. The number of esters is 1. The van der Waals surface area contributed by atoms with Crippen molar-refractivity contribution in [3.63, 3.8) is 0 Å². The average Bonchev–Trinajstić information content (AvgIpc) is 3.16. The topological polar surface area (TPSA) is 108 Å². The van der Waals surface area contributed by atoms with E-state index in [1.807, 2.05) is 48.5 Å². The number of benzene rings is 3. The first-order valence-electron chi connectivity index (χ1n) is 10.9. The quantitative estimate of drug-likeness (QED) is 0.375. The Morgan fingerprint density at radius 2 is 1.49 bits per heavy atom. The van der Waals surface area contributed by atoms with E-state index >= 15 is 0 Å². The van der Waals surface area contributed by atoms with E-state index in [-0.39, 0.29) is 24.7 Å². The molecule has 8 nitrogen and oxygen atoms in total. The number of hydrogen-bond acceptors (Lipinski definition) is 7. The average molecular weight is 496 g/mol. The minimum absolute atomic E-state index is 0.105. The summed E-state index contributed by atoms with van der Waals surface area (Å²) >= 11 is 0. The van der Waals surface area contributed by atoms with Gasteiger partial charge in [0.1, 0.15) is 18.4 Å². The molecule has 0 unspecified atom stereocenters. The van der Waals surface area contributed by atoms with E-state index in [0.717, 1.165) is 28.5 Å². The first-order chi connectivity index (χ1) is 16.7. The molecule has 0 saturated carbocycles. The lowest BCUT2D eigenvalue weighted by atomic mass is 9.98. The summed E-state index contributed by atoms with van der Waals surface area (Å²) in [6.07, 6.45) is 0.335. The van der Waals surface area contributed by atoms with Crippen LogP contribution in [-0.4, -0.2) is 46.5 Å². The third kappa shape index (κ3) is 5.81. The van der Waals surface area contributed by atoms with Crippen molar-refractivity contribution in [2.45, 2.75) is 18.4 Å². The number of nitrogens with one attached hydrogen (secondary N) is 1. The fourth-order valence-electron chi connectivity index (χ4n) is 4.21. The second-order valence-electron chi connectivity index (χ2n) is 8.18. The Morgan fingerprint density at radius 3 is 2.03 bits per heavy atom. The van der Waals surface area contributed by atoms with E-state index in [2.05, 4.69) is 5.32 Å². The molecule has 0 fully saturated rings. The second kappa shape index (κ2) is 10.2. The molecule has 0 aromatic heterocycles. The van der Waals surface area contributed by atoms with E-state index in [1.54, 1.807) is 12.1 Å². The fourth-order valence-corrected chi connectivity index (χ4v) is 4.67. The van der Waals surface area contributed by atoms with Crippen LogP contribution < -0.4 is 9.50 Å². The SMILES string of the molecule is COC(=O)[C@H](Cc1ccc(OS(C)(=O)=O)cc1)NC(=O)OCC1c2ccccc2-c2ccccc21. The Labute approximate surface area is 204 Å². The highest BCUT2D eigenvalue weighted by Crippen LogP contribution is 2.44. The van der Waals surface area contributed by atoms with Crippen LogP contribution in [-0.2, 0) is 30.8 Å². The van der Waals surface area contributed by atoms with Gasteiger partial charge in [0.25, 0.3) is 0 Å². The molecule has 0 bridgehead atoms. The van der Waals surface area contributed by atoms with Crippen molar-refractivity contribution in [1.82, 2.24) is 5.32 Å². The van der Waals surface area contributed by atoms with Crippen LogP contribution in [0.15, 0.2) is 72.8 Å². The Morgan fingerprint density at radius 1 is 0.914 bits per heavy atom. The number of fused-ring (bicyclic) bond motifs is 3. The lowest BCUT2D eigenvalue weighted by Gasteiger charge is -2.18. The van der Waals surface area contributed by atoms with Crippen molar-refractivity contribution in [3.05, 3.63) is 89.5 Å². The van der Waals surface area contributed by atoms with Gasteiger partial charge in [-0.3, -0.25) is 0 Å². The lowest BCUT2D eigenvalue weighted by Crippen LogP contribution is -2.43. The van der Waals surface area contributed by atoms with E-state index in [1.165, 1.54) is 19.2 Å². The van der Waals surface area contributed by atoms with Crippen molar-refractivity contribution >= 4 is 22.2 Å². The Bertz CT molecular complexity index is 1290. The highest BCUT2D eigenvalue weighted by Gasteiger charge is 2.30. The molecular weight excluding hydrogens is 470 g/mol. The smallest absolute Gasteiger partial charge is 0.407 e. The molecule has 1 amide bonds. The summed E-state index contributed by atoms with van der Waals surface area (Å²) in [6, 6.07) is 21.2. The van der Waals surface area contributed by atoms with Gasteiger partial charge in [-0.15, -0.1) is 0 Å². The molecule has 0 spiro atoms. The van der Waals surface area contributed by atoms with E-state index in [4.69, 9.17) is 13.7 Å². The summed E-state index contributed by atoms with van der Waals surface area (Å²) in [7, 11) is -2.41. The molecule has 0 radical (unpaired) electrons. The van der Waals surface area contributed by atoms with Gasteiger partial charge in [0, 0.05) is 12.3 Å². The van der Waals surface area contributed by atoms with Gasteiger partial charge >= 0.3 is 22.2 Å². The van der Waals surface area contributed by atoms with E-state index in [0.29, 0.717) is 5.56 Å². The Balaban J connectivity index is 1.41. The van der Waals surface area contributed by atoms with Gasteiger partial charge in [-0.25, -0.2) is 9.59 Å². The number of ether oxygens (including phenoxy) is 2. The number of carbonyl (C=O) groups excluding carboxylic acids is 2. The summed E-state index contributed by atoms with van der Waals surface area (Å²) in [6.45, 7) is 0.116. The molecule has 1 atom stereocenters. The molecule has 0 saturated heterocycles. The first kappa shape index (κ1) is 24.3. The highest BCUT2D eigenvalue weighted by atomic mass is 32.2. The lowest BCUT2D eigenvalue weighted by molar-refractivity contribution is -0.143. The van der Waals surface area contributed by atoms with Crippen LogP contribution in [0.2, 0.25) is 0 Å². The van der Waals surface area contributed by atoms with Crippen molar-refractivity contribution in [2.75, 3.05) is 20.0 Å². The summed E-state index contributed by atoms with van der Waals surface area (Å²) in [5, 5.41) is 2.58. The van der Waals surface area contributed by atoms with Crippen molar-refractivity contribution in [1.29, 1.82) is 0 Å². The molecule has 1 N–H and O–H groups in total. The van der Waals surface area contributed by atoms with E-state index < -0.39 is 28.2 Å². The number of alkyl carbamates (subject to hydrolysis) is 1. The molecule has 9 heteroatoms. The standard InChI is InChI=1S/C26H25NO7S/c1-32-25(28)24(15-17-11-13-18(14-12-17)34-35(2,30)31)27-26(29)33-16-23-21-9-5-3-7-19(21)20-8-4-6-10-22(20)23/h3-14,23-24H,15-16H2,1-2H3,(H,27,29)/t24-/m0/s1. The molecule has 0 aliphatic heterocycles. The number of carbonyl (C=O) groups is 2. The van der Waals surface area contributed by atoms with Crippen LogP contribution in [0.3, 0.4) is 0 Å². The van der Waals surface area contributed by atoms with Gasteiger partial charge in [-0.1, -0.05) is 60.7 Å². The van der Waals surface area contributed by atoms with Crippen LogP contribution in [0.1, 0.15) is 22.6 Å². The molecule has 1 aliphatic carbocycles. The third-order valence-corrected chi connectivity index (χ3v) is 6.23. The molecule has 0 heterocycles. The van der Waals surface area contributed by atoms with Gasteiger partial charge in [-0.05, 0) is 39.9 Å². The Kier molecular flexibility index (Phi) is 7.07.